The second-order valence-electron chi connectivity index (χ2n) is 4.10. The van der Waals surface area contributed by atoms with E-state index in [0.29, 0.717) is 0 Å². The Balaban J connectivity index is 2.15. The van der Waals surface area contributed by atoms with E-state index in [1.807, 2.05) is 0 Å². The highest BCUT2D eigenvalue weighted by molar-refractivity contribution is 5.67. The zero-order chi connectivity index (χ0) is 11.1. The minimum absolute atomic E-state index is 0.185. The summed E-state index contributed by atoms with van der Waals surface area (Å²) in [6, 6.07) is 0. The average molecular weight is 214 g/mol. The smallest absolute Gasteiger partial charge is 0.409 e. The number of ether oxygens (including phenoxy) is 1. The first kappa shape index (κ1) is 12.3. The van der Waals surface area contributed by atoms with Crippen molar-refractivity contribution in [3.05, 3.63) is 0 Å². The molecule has 1 heterocycles. The van der Waals surface area contributed by atoms with Crippen LogP contribution in [0.25, 0.3) is 0 Å². The molecule has 1 saturated heterocycles. The summed E-state index contributed by atoms with van der Waals surface area (Å²) < 4.78 is 4.69. The Kier molecular flexibility index (Phi) is 5.47. The molecule has 1 fully saturated rings. The summed E-state index contributed by atoms with van der Waals surface area (Å²) in [7, 11) is 1.44. The molecular formula is C11H22N2O2. The van der Waals surface area contributed by atoms with Crippen molar-refractivity contribution < 1.29 is 9.53 Å². The quantitative estimate of drug-likeness (QED) is 0.720. The van der Waals surface area contributed by atoms with Crippen molar-refractivity contribution in [3.63, 3.8) is 0 Å². The second kappa shape index (κ2) is 6.67. The average Bonchev–Trinajstić information content (AvgIpc) is 2.29. The first-order chi connectivity index (χ1) is 7.27. The van der Waals surface area contributed by atoms with Gasteiger partial charge >= 0.3 is 6.09 Å². The van der Waals surface area contributed by atoms with Gasteiger partial charge in [-0.15, -0.1) is 0 Å². The summed E-state index contributed by atoms with van der Waals surface area (Å²) >= 11 is 0. The predicted octanol–water partition coefficient (Wildman–Crippen LogP) is 1.46. The summed E-state index contributed by atoms with van der Waals surface area (Å²) in [5.41, 5.74) is 0. The number of amides is 1. The van der Waals surface area contributed by atoms with Crippen molar-refractivity contribution in [1.82, 2.24) is 10.2 Å². The van der Waals surface area contributed by atoms with Gasteiger partial charge in [0.1, 0.15) is 0 Å². The monoisotopic (exact) mass is 214 g/mol. The Labute approximate surface area is 92.0 Å². The summed E-state index contributed by atoms with van der Waals surface area (Å²) in [5.74, 6) is 0.720. The molecule has 1 N–H and O–H groups in total. The Bertz CT molecular complexity index is 189. The van der Waals surface area contributed by atoms with Crippen molar-refractivity contribution in [3.8, 4) is 0 Å². The number of rotatable bonds is 4. The summed E-state index contributed by atoms with van der Waals surface area (Å²) in [6.45, 7) is 6.03. The van der Waals surface area contributed by atoms with Crippen LogP contribution in [0.15, 0.2) is 0 Å². The van der Waals surface area contributed by atoms with E-state index in [9.17, 15) is 4.79 Å². The third-order valence-electron chi connectivity index (χ3n) is 2.91. The SMILES string of the molecule is CCCNCC1CCN(C(=O)OC)CC1. The number of methoxy groups -OCH3 is 1. The standard InChI is InChI=1S/C11H22N2O2/c1-3-6-12-9-10-4-7-13(8-5-10)11(14)15-2/h10,12H,3-9H2,1-2H3. The van der Waals surface area contributed by atoms with Crippen LogP contribution >= 0.6 is 0 Å². The van der Waals surface area contributed by atoms with E-state index >= 15 is 0 Å². The maximum absolute atomic E-state index is 11.2. The van der Waals surface area contributed by atoms with E-state index < -0.39 is 0 Å². The van der Waals surface area contributed by atoms with Gasteiger partial charge in [-0.2, -0.15) is 0 Å². The van der Waals surface area contributed by atoms with Crippen molar-refractivity contribution in [2.45, 2.75) is 26.2 Å². The van der Waals surface area contributed by atoms with E-state index in [-0.39, 0.29) is 6.09 Å². The van der Waals surface area contributed by atoms with Gasteiger partial charge in [-0.05, 0) is 38.3 Å². The van der Waals surface area contributed by atoms with E-state index in [1.165, 1.54) is 13.5 Å². The first-order valence-electron chi connectivity index (χ1n) is 5.81. The van der Waals surface area contributed by atoms with Crippen molar-refractivity contribution in [1.29, 1.82) is 0 Å². The van der Waals surface area contributed by atoms with E-state index in [1.54, 1.807) is 4.90 Å². The lowest BCUT2D eigenvalue weighted by Crippen LogP contribution is -2.40. The molecule has 0 aliphatic carbocycles. The molecule has 0 radical (unpaired) electrons. The van der Waals surface area contributed by atoms with E-state index in [2.05, 4.69) is 12.2 Å². The lowest BCUT2D eigenvalue weighted by Gasteiger charge is -2.30. The van der Waals surface area contributed by atoms with Crippen LogP contribution in [0.3, 0.4) is 0 Å². The number of hydrogen-bond acceptors (Lipinski definition) is 3. The minimum Gasteiger partial charge on any atom is -0.453 e. The highest BCUT2D eigenvalue weighted by Gasteiger charge is 2.22. The number of nitrogens with one attached hydrogen (secondary N) is 1. The molecule has 0 atom stereocenters. The van der Waals surface area contributed by atoms with Crippen molar-refractivity contribution >= 4 is 6.09 Å². The van der Waals surface area contributed by atoms with Gasteiger partial charge in [-0.3, -0.25) is 0 Å². The van der Waals surface area contributed by atoms with Crippen LogP contribution in [-0.4, -0.2) is 44.3 Å². The molecule has 0 aromatic heterocycles. The molecule has 0 saturated carbocycles. The zero-order valence-corrected chi connectivity index (χ0v) is 9.79. The maximum Gasteiger partial charge on any atom is 0.409 e. The van der Waals surface area contributed by atoms with Gasteiger partial charge in [0.15, 0.2) is 0 Å². The number of carbonyl (C=O) groups is 1. The summed E-state index contributed by atoms with van der Waals surface area (Å²) in [5, 5.41) is 3.43. The molecule has 0 unspecified atom stereocenters. The Morgan fingerprint density at radius 2 is 2.13 bits per heavy atom. The molecule has 1 amide bonds. The number of carbonyl (C=O) groups excluding carboxylic acids is 1. The third-order valence-corrected chi connectivity index (χ3v) is 2.91. The van der Waals surface area contributed by atoms with Crippen LogP contribution in [0.1, 0.15) is 26.2 Å². The number of piperidine rings is 1. The molecule has 88 valence electrons. The van der Waals surface area contributed by atoms with Gasteiger partial charge in [-0.1, -0.05) is 6.92 Å². The minimum atomic E-state index is -0.185. The van der Waals surface area contributed by atoms with Crippen LogP contribution in [0, 0.1) is 5.92 Å². The lowest BCUT2D eigenvalue weighted by atomic mass is 9.97. The fourth-order valence-electron chi connectivity index (χ4n) is 1.93. The molecule has 4 nitrogen and oxygen atoms in total. The van der Waals surface area contributed by atoms with Crippen LogP contribution in [0.4, 0.5) is 4.79 Å². The van der Waals surface area contributed by atoms with Gasteiger partial charge < -0.3 is 15.0 Å². The van der Waals surface area contributed by atoms with Crippen LogP contribution in [-0.2, 0) is 4.74 Å². The molecule has 1 aliphatic rings. The number of nitrogens with zero attached hydrogens (tertiary/aromatic N) is 1. The van der Waals surface area contributed by atoms with Crippen LogP contribution in [0.5, 0.6) is 0 Å². The molecule has 15 heavy (non-hydrogen) atoms. The Hall–Kier alpha value is -0.770. The highest BCUT2D eigenvalue weighted by Crippen LogP contribution is 2.16. The molecule has 1 aliphatic heterocycles. The highest BCUT2D eigenvalue weighted by atomic mass is 16.5. The second-order valence-corrected chi connectivity index (χ2v) is 4.10. The van der Waals surface area contributed by atoms with Gasteiger partial charge in [0.25, 0.3) is 0 Å². The van der Waals surface area contributed by atoms with Gasteiger partial charge in [-0.25, -0.2) is 4.79 Å². The Morgan fingerprint density at radius 3 is 2.67 bits per heavy atom. The molecule has 0 spiro atoms. The van der Waals surface area contributed by atoms with Gasteiger partial charge in [0.2, 0.25) is 0 Å². The summed E-state index contributed by atoms with van der Waals surface area (Å²) in [6.07, 6.45) is 3.17. The number of hydrogen-bond donors (Lipinski definition) is 1. The Morgan fingerprint density at radius 1 is 1.47 bits per heavy atom. The lowest BCUT2D eigenvalue weighted by molar-refractivity contribution is 0.106. The van der Waals surface area contributed by atoms with Crippen molar-refractivity contribution in [2.24, 2.45) is 5.92 Å². The number of likely N-dealkylation sites (tertiary alicyclic amines) is 1. The maximum atomic E-state index is 11.2. The van der Waals surface area contributed by atoms with E-state index in [4.69, 9.17) is 4.74 Å². The molecule has 0 aromatic rings. The largest absolute Gasteiger partial charge is 0.453 e. The molecule has 4 heteroatoms. The molecule has 0 aromatic carbocycles. The molecule has 1 rings (SSSR count). The predicted molar refractivity (Wildman–Crippen MR) is 59.9 cm³/mol. The van der Waals surface area contributed by atoms with Gasteiger partial charge in [0.05, 0.1) is 7.11 Å². The van der Waals surface area contributed by atoms with Crippen LogP contribution < -0.4 is 5.32 Å². The van der Waals surface area contributed by atoms with Crippen molar-refractivity contribution in [2.75, 3.05) is 33.3 Å². The normalized spacial score (nSPS) is 17.9. The molecular weight excluding hydrogens is 192 g/mol. The summed E-state index contributed by atoms with van der Waals surface area (Å²) in [4.78, 5) is 13.0. The van der Waals surface area contributed by atoms with E-state index in [0.717, 1.165) is 44.9 Å². The first-order valence-corrected chi connectivity index (χ1v) is 5.81. The van der Waals surface area contributed by atoms with Crippen LogP contribution in [0.2, 0.25) is 0 Å². The third kappa shape index (κ3) is 4.08. The topological polar surface area (TPSA) is 41.6 Å². The zero-order valence-electron chi connectivity index (χ0n) is 9.79. The fraction of sp³-hybridized carbons (Fsp3) is 0.909. The fourth-order valence-corrected chi connectivity index (χ4v) is 1.93. The van der Waals surface area contributed by atoms with Gasteiger partial charge in [0, 0.05) is 13.1 Å². The molecule has 0 bridgehead atoms.